The summed E-state index contributed by atoms with van der Waals surface area (Å²) in [6.07, 6.45) is 1.19. The Balaban J connectivity index is 1.60. The Kier molecular flexibility index (Phi) is 4.24. The molecule has 0 atom stereocenters. The molecule has 5 heteroatoms. The Bertz CT molecular complexity index is 803. The summed E-state index contributed by atoms with van der Waals surface area (Å²) in [6.45, 7) is 4.64. The van der Waals surface area contributed by atoms with Crippen LogP contribution >= 0.6 is 11.3 Å². The Labute approximate surface area is 133 Å². The second-order valence-corrected chi connectivity index (χ2v) is 6.47. The number of carbonyl (C=O) groups is 1. The van der Waals surface area contributed by atoms with Gasteiger partial charge in [0.2, 0.25) is 5.91 Å². The van der Waals surface area contributed by atoms with Crippen LogP contribution in [0.4, 0.5) is 0 Å². The third kappa shape index (κ3) is 3.20. The second-order valence-electron chi connectivity index (χ2n) is 5.41. The van der Waals surface area contributed by atoms with Crippen molar-refractivity contribution >= 4 is 28.1 Å². The monoisotopic (exact) mass is 313 g/mol. The topological polar surface area (TPSA) is 57.8 Å². The van der Waals surface area contributed by atoms with Crippen LogP contribution in [0.5, 0.6) is 0 Å². The van der Waals surface area contributed by atoms with Crippen LogP contribution in [-0.2, 0) is 17.6 Å². The molecule has 114 valence electrons. The maximum Gasteiger partial charge on any atom is 0.224 e. The minimum absolute atomic E-state index is 0.0554. The Hall–Kier alpha value is -2.14. The molecule has 0 bridgehead atoms. The van der Waals surface area contributed by atoms with Gasteiger partial charge in [-0.3, -0.25) is 4.79 Å². The molecule has 2 aromatic heterocycles. The number of H-pyrrole nitrogens is 1. The number of aromatic nitrogens is 2. The van der Waals surface area contributed by atoms with Crippen molar-refractivity contribution in [3.63, 3.8) is 0 Å². The average Bonchev–Trinajstić information content (AvgIpc) is 3.03. The molecule has 3 aromatic rings. The van der Waals surface area contributed by atoms with Crippen molar-refractivity contribution in [3.8, 4) is 0 Å². The number of thiazole rings is 1. The molecule has 3 rings (SSSR count). The highest BCUT2D eigenvalue weighted by Crippen LogP contribution is 2.22. The van der Waals surface area contributed by atoms with Gasteiger partial charge in [-0.25, -0.2) is 4.98 Å². The molecule has 22 heavy (non-hydrogen) atoms. The molecule has 4 nitrogen and oxygen atoms in total. The predicted molar refractivity (Wildman–Crippen MR) is 90.3 cm³/mol. The quantitative estimate of drug-likeness (QED) is 0.760. The lowest BCUT2D eigenvalue weighted by Gasteiger charge is -2.04. The number of hydrogen-bond donors (Lipinski definition) is 2. The fourth-order valence-corrected chi connectivity index (χ4v) is 3.29. The summed E-state index contributed by atoms with van der Waals surface area (Å²) in [7, 11) is 0. The first-order valence-corrected chi connectivity index (χ1v) is 8.25. The summed E-state index contributed by atoms with van der Waals surface area (Å²) in [5.41, 5.74) is 4.27. The Morgan fingerprint density at radius 3 is 2.91 bits per heavy atom. The fraction of sp³-hybridized carbons (Fsp3) is 0.294. The number of carbonyl (C=O) groups excluding carboxylic acids is 1. The molecule has 0 aliphatic carbocycles. The first-order valence-electron chi connectivity index (χ1n) is 7.37. The van der Waals surface area contributed by atoms with Gasteiger partial charge in [0.1, 0.15) is 0 Å². The van der Waals surface area contributed by atoms with E-state index in [-0.39, 0.29) is 5.91 Å². The number of nitrogens with one attached hydrogen (secondary N) is 2. The molecular weight excluding hydrogens is 294 g/mol. The van der Waals surface area contributed by atoms with E-state index >= 15 is 0 Å². The molecule has 0 radical (unpaired) electrons. The van der Waals surface area contributed by atoms with E-state index in [1.807, 2.05) is 37.4 Å². The number of aromatic amines is 1. The lowest BCUT2D eigenvalue weighted by Crippen LogP contribution is -2.27. The lowest BCUT2D eigenvalue weighted by atomic mass is 10.1. The SMILES string of the molecule is Cc1nc(CCNC(=O)Cc2c(C)[nH]c3ccccc23)cs1. The summed E-state index contributed by atoms with van der Waals surface area (Å²) in [6, 6.07) is 8.09. The van der Waals surface area contributed by atoms with E-state index in [0.29, 0.717) is 13.0 Å². The van der Waals surface area contributed by atoms with Crippen LogP contribution in [0.1, 0.15) is 22.0 Å². The zero-order valence-corrected chi connectivity index (χ0v) is 13.6. The van der Waals surface area contributed by atoms with Crippen molar-refractivity contribution in [2.24, 2.45) is 0 Å². The molecule has 1 amide bonds. The standard InChI is InChI=1S/C17H19N3OS/c1-11-15(14-5-3-4-6-16(14)19-11)9-17(21)18-8-7-13-10-22-12(2)20-13/h3-6,10,19H,7-9H2,1-2H3,(H,18,21). The maximum absolute atomic E-state index is 12.2. The number of benzene rings is 1. The van der Waals surface area contributed by atoms with Gasteiger partial charge in [-0.1, -0.05) is 18.2 Å². The van der Waals surface area contributed by atoms with Gasteiger partial charge in [-0.2, -0.15) is 0 Å². The highest BCUT2D eigenvalue weighted by atomic mass is 32.1. The average molecular weight is 313 g/mol. The van der Waals surface area contributed by atoms with E-state index < -0.39 is 0 Å². The third-order valence-electron chi connectivity index (χ3n) is 3.73. The van der Waals surface area contributed by atoms with Crippen LogP contribution in [0.2, 0.25) is 0 Å². The molecule has 0 saturated carbocycles. The second kappa shape index (κ2) is 6.32. The molecular formula is C17H19N3OS. The van der Waals surface area contributed by atoms with E-state index in [1.54, 1.807) is 11.3 Å². The molecule has 0 saturated heterocycles. The zero-order valence-electron chi connectivity index (χ0n) is 12.8. The van der Waals surface area contributed by atoms with Crippen LogP contribution in [0.3, 0.4) is 0 Å². The van der Waals surface area contributed by atoms with Gasteiger partial charge in [-0.05, 0) is 25.5 Å². The number of nitrogens with zero attached hydrogens (tertiary/aromatic N) is 1. The van der Waals surface area contributed by atoms with E-state index in [9.17, 15) is 4.79 Å². The number of para-hydroxylation sites is 1. The Morgan fingerprint density at radius 1 is 1.32 bits per heavy atom. The van der Waals surface area contributed by atoms with Gasteiger partial charge >= 0.3 is 0 Å². The van der Waals surface area contributed by atoms with Crippen molar-refractivity contribution in [2.75, 3.05) is 6.54 Å². The number of rotatable bonds is 5. The van der Waals surface area contributed by atoms with Crippen molar-refractivity contribution in [3.05, 3.63) is 51.6 Å². The summed E-state index contributed by atoms with van der Waals surface area (Å²) in [5.74, 6) is 0.0554. The van der Waals surface area contributed by atoms with Gasteiger partial charge in [0.05, 0.1) is 17.1 Å². The molecule has 0 unspecified atom stereocenters. The highest BCUT2D eigenvalue weighted by Gasteiger charge is 2.12. The molecule has 2 heterocycles. The van der Waals surface area contributed by atoms with Crippen molar-refractivity contribution < 1.29 is 4.79 Å². The van der Waals surface area contributed by atoms with E-state index in [2.05, 4.69) is 21.4 Å². The minimum atomic E-state index is 0.0554. The smallest absolute Gasteiger partial charge is 0.224 e. The highest BCUT2D eigenvalue weighted by molar-refractivity contribution is 7.09. The number of aryl methyl sites for hydroxylation is 2. The van der Waals surface area contributed by atoms with Crippen molar-refractivity contribution in [1.29, 1.82) is 0 Å². The largest absolute Gasteiger partial charge is 0.358 e. The predicted octanol–water partition coefficient (Wildman–Crippen LogP) is 3.14. The van der Waals surface area contributed by atoms with Crippen molar-refractivity contribution in [1.82, 2.24) is 15.3 Å². The summed E-state index contributed by atoms with van der Waals surface area (Å²) >= 11 is 1.64. The molecule has 0 aliphatic rings. The molecule has 1 aromatic carbocycles. The van der Waals surface area contributed by atoms with Crippen LogP contribution in [0.15, 0.2) is 29.6 Å². The fourth-order valence-electron chi connectivity index (χ4n) is 2.64. The van der Waals surface area contributed by atoms with Crippen LogP contribution in [0, 0.1) is 13.8 Å². The van der Waals surface area contributed by atoms with Gasteiger partial charge in [-0.15, -0.1) is 11.3 Å². The molecule has 2 N–H and O–H groups in total. The van der Waals surface area contributed by atoms with Gasteiger partial charge in [0.15, 0.2) is 0 Å². The first-order chi connectivity index (χ1) is 10.6. The zero-order chi connectivity index (χ0) is 15.5. The molecule has 0 aliphatic heterocycles. The van der Waals surface area contributed by atoms with Gasteiger partial charge in [0, 0.05) is 34.9 Å². The van der Waals surface area contributed by atoms with Crippen LogP contribution in [0.25, 0.3) is 10.9 Å². The van der Waals surface area contributed by atoms with E-state index in [1.165, 1.54) is 0 Å². The third-order valence-corrected chi connectivity index (χ3v) is 4.56. The van der Waals surface area contributed by atoms with Gasteiger partial charge in [0.25, 0.3) is 0 Å². The number of amides is 1. The minimum Gasteiger partial charge on any atom is -0.358 e. The number of fused-ring (bicyclic) bond motifs is 1. The Morgan fingerprint density at radius 2 is 2.14 bits per heavy atom. The summed E-state index contributed by atoms with van der Waals surface area (Å²) < 4.78 is 0. The first kappa shape index (κ1) is 14.8. The number of hydrogen-bond acceptors (Lipinski definition) is 3. The lowest BCUT2D eigenvalue weighted by molar-refractivity contribution is -0.120. The van der Waals surface area contributed by atoms with Crippen molar-refractivity contribution in [2.45, 2.75) is 26.7 Å². The summed E-state index contributed by atoms with van der Waals surface area (Å²) in [4.78, 5) is 19.9. The molecule has 0 fully saturated rings. The maximum atomic E-state index is 12.2. The normalized spacial score (nSPS) is 11.0. The van der Waals surface area contributed by atoms with E-state index in [4.69, 9.17) is 0 Å². The van der Waals surface area contributed by atoms with E-state index in [0.717, 1.165) is 39.3 Å². The van der Waals surface area contributed by atoms with Crippen LogP contribution < -0.4 is 5.32 Å². The summed E-state index contributed by atoms with van der Waals surface area (Å²) in [5, 5.41) is 7.22. The van der Waals surface area contributed by atoms with Crippen LogP contribution in [-0.4, -0.2) is 22.4 Å². The molecule has 0 spiro atoms. The van der Waals surface area contributed by atoms with Gasteiger partial charge < -0.3 is 10.3 Å².